The summed E-state index contributed by atoms with van der Waals surface area (Å²) in [4.78, 5) is 24.3. The fraction of sp³-hybridized carbons (Fsp3) is 0.176. The minimum absolute atomic E-state index is 0.376. The minimum Gasteiger partial charge on any atom is -0.494 e. The van der Waals surface area contributed by atoms with Crippen molar-refractivity contribution in [1.29, 1.82) is 0 Å². The van der Waals surface area contributed by atoms with E-state index in [0.29, 0.717) is 28.4 Å². The molecule has 0 aliphatic rings. The van der Waals surface area contributed by atoms with Crippen LogP contribution in [-0.4, -0.2) is 25.7 Å². The van der Waals surface area contributed by atoms with Crippen LogP contribution in [0.4, 0.5) is 0 Å². The fourth-order valence-corrected chi connectivity index (χ4v) is 3.24. The predicted octanol–water partition coefficient (Wildman–Crippen LogP) is 4.38. The molecule has 0 saturated carbocycles. The van der Waals surface area contributed by atoms with Gasteiger partial charge in [-0.15, -0.1) is 0 Å². The number of hydrogen-bond donors (Lipinski definition) is 0. The summed E-state index contributed by atoms with van der Waals surface area (Å²) in [5, 5.41) is 0. The van der Waals surface area contributed by atoms with Crippen molar-refractivity contribution in [3.05, 3.63) is 59.7 Å². The second-order valence-electron chi connectivity index (χ2n) is 4.51. The lowest BCUT2D eigenvalue weighted by atomic mass is 10.2. The van der Waals surface area contributed by atoms with Crippen molar-refractivity contribution in [2.24, 2.45) is 0 Å². The summed E-state index contributed by atoms with van der Waals surface area (Å²) in [5.74, 6) is -0.329. The predicted molar refractivity (Wildman–Crippen MR) is 94.3 cm³/mol. The van der Waals surface area contributed by atoms with Crippen LogP contribution >= 0.6 is 21.9 Å². The van der Waals surface area contributed by atoms with Gasteiger partial charge in [-0.1, -0.05) is 18.2 Å². The molecule has 0 aliphatic heterocycles. The zero-order valence-corrected chi connectivity index (χ0v) is 14.8. The molecule has 0 atom stereocenters. The maximum atomic E-state index is 11.9. The summed E-state index contributed by atoms with van der Waals surface area (Å²) in [6, 6.07) is 13.8. The molecule has 0 heterocycles. The number of ether oxygens (including phenoxy) is 2. The van der Waals surface area contributed by atoms with E-state index in [-0.39, 0.29) is 0 Å². The number of methoxy groups -OCH3 is 1. The molecule has 0 aliphatic carbocycles. The van der Waals surface area contributed by atoms with Crippen molar-refractivity contribution in [2.75, 3.05) is 13.7 Å². The lowest BCUT2D eigenvalue weighted by Crippen LogP contribution is -2.02. The Hall–Kier alpha value is -2.12. The van der Waals surface area contributed by atoms with Crippen molar-refractivity contribution in [3.63, 3.8) is 0 Å². The lowest BCUT2D eigenvalue weighted by molar-refractivity contribution is 0.0599. The van der Waals surface area contributed by atoms with Crippen LogP contribution in [0.5, 0.6) is 5.75 Å². The van der Waals surface area contributed by atoms with Gasteiger partial charge >= 0.3 is 11.9 Å². The molecule has 5 nitrogen and oxygen atoms in total. The number of hydrogen-bond acceptors (Lipinski definition) is 7. The second-order valence-corrected chi connectivity index (χ2v) is 6.35. The summed E-state index contributed by atoms with van der Waals surface area (Å²) in [5.41, 5.74) is 0.852. The van der Waals surface area contributed by atoms with Crippen LogP contribution in [0.2, 0.25) is 0 Å². The third-order valence-corrected chi connectivity index (χ3v) is 4.56. The molecule has 0 unspecified atom stereocenters. The van der Waals surface area contributed by atoms with E-state index in [1.165, 1.54) is 17.9 Å². The summed E-state index contributed by atoms with van der Waals surface area (Å²) in [6.07, 6.45) is 0. The third kappa shape index (κ3) is 5.21. The Morgan fingerprint density at radius 2 is 1.75 bits per heavy atom. The van der Waals surface area contributed by atoms with Gasteiger partial charge in [0.1, 0.15) is 16.8 Å². The lowest BCUT2D eigenvalue weighted by Gasteiger charge is -2.08. The van der Waals surface area contributed by atoms with Crippen LogP contribution in [0.1, 0.15) is 27.6 Å². The first-order valence-corrected chi connectivity index (χ1v) is 9.18. The van der Waals surface area contributed by atoms with E-state index in [1.807, 2.05) is 13.0 Å². The van der Waals surface area contributed by atoms with Crippen LogP contribution < -0.4 is 4.74 Å². The second kappa shape index (κ2) is 9.24. The average molecular weight is 364 g/mol. The summed E-state index contributed by atoms with van der Waals surface area (Å²) >= 11 is 0.924. The first-order chi connectivity index (χ1) is 11.6. The van der Waals surface area contributed by atoms with Gasteiger partial charge in [-0.3, -0.25) is 0 Å². The van der Waals surface area contributed by atoms with E-state index < -0.39 is 11.9 Å². The van der Waals surface area contributed by atoms with Gasteiger partial charge in [0.25, 0.3) is 0 Å². The quantitative estimate of drug-likeness (QED) is 0.410. The molecule has 2 aromatic carbocycles. The number of benzene rings is 2. The Labute approximate surface area is 148 Å². The number of carbonyl (C=O) groups excluding carboxylic acids is 2. The topological polar surface area (TPSA) is 61.8 Å². The van der Waals surface area contributed by atoms with Crippen LogP contribution in [0.15, 0.2) is 53.4 Å². The fourth-order valence-electron chi connectivity index (χ4n) is 1.82. The van der Waals surface area contributed by atoms with E-state index in [1.54, 1.807) is 42.5 Å². The molecule has 2 aromatic rings. The van der Waals surface area contributed by atoms with E-state index in [9.17, 15) is 9.59 Å². The standard InChI is InChI=1S/C17H16O5S2/c1-3-21-14-9-13(16(18)20-2)10-15(11-14)23-24-22-17(19)12-7-5-4-6-8-12/h4-11H,3H2,1-2H3. The van der Waals surface area contributed by atoms with Crippen LogP contribution in [0.3, 0.4) is 0 Å². The van der Waals surface area contributed by atoms with E-state index >= 15 is 0 Å². The van der Waals surface area contributed by atoms with Gasteiger partial charge in [0, 0.05) is 4.90 Å². The molecule has 2 rings (SSSR count). The van der Waals surface area contributed by atoms with Crippen molar-refractivity contribution >= 4 is 33.8 Å². The Kier molecular flexibility index (Phi) is 7.02. The molecule has 0 N–H and O–H groups in total. The highest BCUT2D eigenvalue weighted by atomic mass is 33.1. The Balaban J connectivity index is 2.02. The van der Waals surface area contributed by atoms with Gasteiger partial charge in [0.05, 0.1) is 24.8 Å². The first kappa shape index (κ1) is 18.2. The Bertz CT molecular complexity index is 703. The smallest absolute Gasteiger partial charge is 0.350 e. The molecule has 126 valence electrons. The number of carbonyl (C=O) groups is 2. The zero-order valence-electron chi connectivity index (χ0n) is 13.2. The molecular weight excluding hydrogens is 348 g/mol. The molecule has 0 spiro atoms. The highest BCUT2D eigenvalue weighted by Crippen LogP contribution is 2.35. The van der Waals surface area contributed by atoms with E-state index in [2.05, 4.69) is 0 Å². The molecule has 7 heteroatoms. The molecule has 0 aromatic heterocycles. The van der Waals surface area contributed by atoms with Crippen LogP contribution in [0.25, 0.3) is 0 Å². The average Bonchev–Trinajstić information content (AvgIpc) is 2.61. The van der Waals surface area contributed by atoms with Gasteiger partial charge < -0.3 is 13.7 Å². The molecule has 0 bridgehead atoms. The molecular formula is C17H16O5S2. The third-order valence-electron chi connectivity index (χ3n) is 2.86. The maximum Gasteiger partial charge on any atom is 0.350 e. The monoisotopic (exact) mass is 364 g/mol. The Morgan fingerprint density at radius 3 is 2.42 bits per heavy atom. The zero-order chi connectivity index (χ0) is 17.4. The normalized spacial score (nSPS) is 10.1. The summed E-state index contributed by atoms with van der Waals surface area (Å²) in [6.45, 7) is 2.33. The van der Waals surface area contributed by atoms with E-state index in [4.69, 9.17) is 13.7 Å². The largest absolute Gasteiger partial charge is 0.494 e. The van der Waals surface area contributed by atoms with Crippen molar-refractivity contribution in [3.8, 4) is 5.75 Å². The Morgan fingerprint density at radius 1 is 1.00 bits per heavy atom. The SMILES string of the molecule is CCOc1cc(SSOC(=O)c2ccccc2)cc(C(=O)OC)c1. The minimum atomic E-state index is -0.454. The van der Waals surface area contributed by atoms with Crippen molar-refractivity contribution in [2.45, 2.75) is 11.8 Å². The van der Waals surface area contributed by atoms with Crippen molar-refractivity contribution < 1.29 is 23.2 Å². The molecule has 0 radical (unpaired) electrons. The van der Waals surface area contributed by atoms with E-state index in [0.717, 1.165) is 11.1 Å². The highest BCUT2D eigenvalue weighted by Gasteiger charge is 2.12. The first-order valence-electron chi connectivity index (χ1n) is 7.10. The van der Waals surface area contributed by atoms with Crippen LogP contribution in [-0.2, 0) is 8.92 Å². The van der Waals surface area contributed by atoms with Gasteiger partial charge in [-0.25, -0.2) is 9.59 Å². The van der Waals surface area contributed by atoms with Gasteiger partial charge in [0.15, 0.2) is 0 Å². The van der Waals surface area contributed by atoms with Gasteiger partial charge in [0.2, 0.25) is 0 Å². The number of rotatable bonds is 7. The van der Waals surface area contributed by atoms with Crippen molar-refractivity contribution in [1.82, 2.24) is 0 Å². The molecule has 0 saturated heterocycles. The highest BCUT2D eigenvalue weighted by molar-refractivity contribution is 8.75. The molecule has 24 heavy (non-hydrogen) atoms. The summed E-state index contributed by atoms with van der Waals surface area (Å²) < 4.78 is 15.3. The van der Waals surface area contributed by atoms with Gasteiger partial charge in [-0.2, -0.15) is 0 Å². The van der Waals surface area contributed by atoms with Gasteiger partial charge in [-0.05, 0) is 48.0 Å². The number of esters is 1. The summed E-state index contributed by atoms with van der Waals surface area (Å²) in [7, 11) is 2.53. The maximum absolute atomic E-state index is 11.9. The molecule has 0 fully saturated rings. The van der Waals surface area contributed by atoms with Crippen LogP contribution in [0, 0.1) is 0 Å². The molecule has 0 amide bonds.